The van der Waals surface area contributed by atoms with E-state index < -0.39 is 0 Å². The molecule has 0 fully saturated rings. The number of nitrogens with one attached hydrogen (secondary N) is 1. The van der Waals surface area contributed by atoms with Crippen molar-refractivity contribution < 1.29 is 18.7 Å². The van der Waals surface area contributed by atoms with Gasteiger partial charge in [0.15, 0.2) is 17.1 Å². The number of rotatable bonds is 3. The summed E-state index contributed by atoms with van der Waals surface area (Å²) in [4.78, 5) is 12.9. The Morgan fingerprint density at radius 2 is 2.04 bits per heavy atom. The molecule has 27 heavy (non-hydrogen) atoms. The fourth-order valence-electron chi connectivity index (χ4n) is 3.63. The van der Waals surface area contributed by atoms with Crippen LogP contribution in [-0.2, 0) is 0 Å². The Bertz CT molecular complexity index is 1020. The molecule has 0 bridgehead atoms. The number of furan rings is 1. The van der Waals surface area contributed by atoms with Crippen LogP contribution in [0.25, 0.3) is 11.0 Å². The Balaban J connectivity index is 1.65. The normalized spacial score (nSPS) is 17.9. The first kappa shape index (κ1) is 17.5. The molecule has 4 rings (SSSR count). The minimum atomic E-state index is -0.365. The average Bonchev–Trinajstić information content (AvgIpc) is 3.04. The van der Waals surface area contributed by atoms with Crippen LogP contribution in [0, 0.1) is 6.92 Å². The van der Waals surface area contributed by atoms with E-state index in [1.54, 1.807) is 13.2 Å². The fraction of sp³-hybridized carbons (Fsp3) is 0.318. The first-order chi connectivity index (χ1) is 12.9. The second-order valence-corrected chi connectivity index (χ2v) is 7.62. The highest BCUT2D eigenvalue weighted by molar-refractivity contribution is 5.97. The van der Waals surface area contributed by atoms with Gasteiger partial charge in [0.2, 0.25) is 0 Å². The van der Waals surface area contributed by atoms with Crippen molar-refractivity contribution in [3.8, 4) is 11.5 Å². The number of para-hydroxylation sites is 1. The number of methoxy groups -OCH3 is 1. The van der Waals surface area contributed by atoms with Gasteiger partial charge in [-0.15, -0.1) is 0 Å². The van der Waals surface area contributed by atoms with Gasteiger partial charge in [-0.2, -0.15) is 0 Å². The molecule has 1 amide bonds. The lowest BCUT2D eigenvalue weighted by Gasteiger charge is -2.38. The Labute approximate surface area is 158 Å². The Hall–Kier alpha value is -2.95. The van der Waals surface area contributed by atoms with Gasteiger partial charge in [-0.1, -0.05) is 24.3 Å². The number of hydrogen-bond acceptors (Lipinski definition) is 4. The minimum Gasteiger partial charge on any atom is -0.493 e. The van der Waals surface area contributed by atoms with Crippen LogP contribution in [-0.4, -0.2) is 18.6 Å². The molecule has 2 heterocycles. The molecule has 1 aliphatic heterocycles. The van der Waals surface area contributed by atoms with Crippen LogP contribution in [0.3, 0.4) is 0 Å². The molecule has 0 saturated carbocycles. The summed E-state index contributed by atoms with van der Waals surface area (Å²) >= 11 is 0. The summed E-state index contributed by atoms with van der Waals surface area (Å²) in [5.74, 6) is 1.46. The SMILES string of the molecule is COc1cccc2cc(C(=O)N[C@H]3CC(C)(C)Oc4cc(C)ccc43)oc12. The molecule has 0 aliphatic carbocycles. The van der Waals surface area contributed by atoms with Crippen molar-refractivity contribution in [1.29, 1.82) is 0 Å². The molecule has 140 valence electrons. The number of carbonyl (C=O) groups excluding carboxylic acids is 1. The van der Waals surface area contributed by atoms with Crippen LogP contribution < -0.4 is 14.8 Å². The smallest absolute Gasteiger partial charge is 0.287 e. The number of amides is 1. The van der Waals surface area contributed by atoms with Crippen LogP contribution in [0.2, 0.25) is 0 Å². The lowest BCUT2D eigenvalue weighted by atomic mass is 9.89. The maximum atomic E-state index is 12.9. The molecule has 3 aromatic rings. The monoisotopic (exact) mass is 365 g/mol. The van der Waals surface area contributed by atoms with Gasteiger partial charge in [-0.05, 0) is 44.5 Å². The lowest BCUT2D eigenvalue weighted by molar-refractivity contribution is 0.0611. The minimum absolute atomic E-state index is 0.146. The first-order valence-electron chi connectivity index (χ1n) is 9.03. The Morgan fingerprint density at radius 1 is 1.22 bits per heavy atom. The van der Waals surface area contributed by atoms with Gasteiger partial charge in [0.05, 0.1) is 13.2 Å². The molecule has 5 heteroatoms. The third kappa shape index (κ3) is 3.25. The molecular formula is C22H23NO4. The van der Waals surface area contributed by atoms with E-state index in [2.05, 4.69) is 5.32 Å². The van der Waals surface area contributed by atoms with Crippen LogP contribution >= 0.6 is 0 Å². The van der Waals surface area contributed by atoms with Gasteiger partial charge in [-0.3, -0.25) is 4.79 Å². The second kappa shape index (κ2) is 6.34. The largest absolute Gasteiger partial charge is 0.493 e. The molecule has 0 spiro atoms. The van der Waals surface area contributed by atoms with E-state index in [0.29, 0.717) is 17.8 Å². The molecule has 1 atom stereocenters. The Morgan fingerprint density at radius 3 is 2.81 bits per heavy atom. The number of benzene rings is 2. The van der Waals surface area contributed by atoms with E-state index >= 15 is 0 Å². The van der Waals surface area contributed by atoms with E-state index in [-0.39, 0.29) is 23.3 Å². The number of hydrogen-bond donors (Lipinski definition) is 1. The van der Waals surface area contributed by atoms with Crippen LogP contribution in [0.15, 0.2) is 46.9 Å². The number of ether oxygens (including phenoxy) is 2. The summed E-state index contributed by atoms with van der Waals surface area (Å²) in [5.41, 5.74) is 2.33. The van der Waals surface area contributed by atoms with Crippen LogP contribution in [0.5, 0.6) is 11.5 Å². The molecule has 2 aromatic carbocycles. The molecular weight excluding hydrogens is 342 g/mol. The average molecular weight is 365 g/mol. The molecule has 1 N–H and O–H groups in total. The van der Waals surface area contributed by atoms with Crippen molar-refractivity contribution >= 4 is 16.9 Å². The van der Waals surface area contributed by atoms with Crippen molar-refractivity contribution in [2.45, 2.75) is 38.8 Å². The lowest BCUT2D eigenvalue weighted by Crippen LogP contribution is -2.41. The topological polar surface area (TPSA) is 60.7 Å². The zero-order chi connectivity index (χ0) is 19.2. The number of aryl methyl sites for hydroxylation is 1. The van der Waals surface area contributed by atoms with Crippen LogP contribution in [0.4, 0.5) is 0 Å². The van der Waals surface area contributed by atoms with E-state index in [4.69, 9.17) is 13.9 Å². The predicted octanol–water partition coefficient (Wildman–Crippen LogP) is 4.78. The summed E-state index contributed by atoms with van der Waals surface area (Å²) in [6, 6.07) is 13.2. The second-order valence-electron chi connectivity index (χ2n) is 7.62. The van der Waals surface area contributed by atoms with Crippen molar-refractivity contribution in [2.75, 3.05) is 7.11 Å². The fourth-order valence-corrected chi connectivity index (χ4v) is 3.63. The maximum Gasteiger partial charge on any atom is 0.287 e. The first-order valence-corrected chi connectivity index (χ1v) is 9.03. The zero-order valence-corrected chi connectivity index (χ0v) is 16.0. The third-order valence-electron chi connectivity index (χ3n) is 4.88. The maximum absolute atomic E-state index is 12.9. The van der Waals surface area contributed by atoms with E-state index in [0.717, 1.165) is 22.3 Å². The highest BCUT2D eigenvalue weighted by Crippen LogP contribution is 2.40. The number of fused-ring (bicyclic) bond motifs is 2. The van der Waals surface area contributed by atoms with Crippen molar-refractivity contribution in [2.24, 2.45) is 0 Å². The van der Waals surface area contributed by atoms with Gasteiger partial charge in [-0.25, -0.2) is 0 Å². The van der Waals surface area contributed by atoms with Gasteiger partial charge >= 0.3 is 0 Å². The van der Waals surface area contributed by atoms with E-state index in [9.17, 15) is 4.79 Å². The zero-order valence-electron chi connectivity index (χ0n) is 16.0. The summed E-state index contributed by atoms with van der Waals surface area (Å²) < 4.78 is 17.2. The standard InChI is InChI=1S/C22H23NO4/c1-13-8-9-15-16(12-22(2,3)27-18(15)10-13)23-21(24)19-11-14-6-5-7-17(25-4)20(14)26-19/h5-11,16H,12H2,1-4H3,(H,23,24)/t16-/m0/s1. The van der Waals surface area contributed by atoms with Crippen molar-refractivity contribution in [1.82, 2.24) is 5.32 Å². The predicted molar refractivity (Wildman–Crippen MR) is 103 cm³/mol. The van der Waals surface area contributed by atoms with Gasteiger partial charge < -0.3 is 19.2 Å². The molecule has 1 aliphatic rings. The Kier molecular flexibility index (Phi) is 4.10. The molecule has 0 saturated heterocycles. The molecule has 0 unspecified atom stereocenters. The quantitative estimate of drug-likeness (QED) is 0.725. The van der Waals surface area contributed by atoms with Crippen molar-refractivity contribution in [3.05, 3.63) is 59.4 Å². The summed E-state index contributed by atoms with van der Waals surface area (Å²) in [7, 11) is 1.58. The molecule has 1 aromatic heterocycles. The number of carbonyl (C=O) groups is 1. The third-order valence-corrected chi connectivity index (χ3v) is 4.88. The highest BCUT2D eigenvalue weighted by Gasteiger charge is 2.35. The summed E-state index contributed by atoms with van der Waals surface area (Å²) in [6.07, 6.45) is 0.679. The molecule has 0 radical (unpaired) electrons. The van der Waals surface area contributed by atoms with E-state index in [1.165, 1.54) is 0 Å². The summed E-state index contributed by atoms with van der Waals surface area (Å²) in [6.45, 7) is 6.09. The van der Waals surface area contributed by atoms with Crippen LogP contribution in [0.1, 0.15) is 48.0 Å². The van der Waals surface area contributed by atoms with Gasteiger partial charge in [0.1, 0.15) is 11.4 Å². The van der Waals surface area contributed by atoms with Crippen molar-refractivity contribution in [3.63, 3.8) is 0 Å². The van der Waals surface area contributed by atoms with Gasteiger partial charge in [0.25, 0.3) is 5.91 Å². The molecule has 5 nitrogen and oxygen atoms in total. The van der Waals surface area contributed by atoms with E-state index in [1.807, 2.05) is 57.2 Å². The summed E-state index contributed by atoms with van der Waals surface area (Å²) in [5, 5.41) is 3.95. The van der Waals surface area contributed by atoms with Gasteiger partial charge in [0, 0.05) is 17.4 Å². The highest BCUT2D eigenvalue weighted by atomic mass is 16.5.